The average Bonchev–Trinajstić information content (AvgIpc) is 3.34. The van der Waals surface area contributed by atoms with E-state index in [-0.39, 0.29) is 43.2 Å². The molecule has 4 aliphatic carbocycles. The highest BCUT2D eigenvalue weighted by Gasteiger charge is 2.69. The van der Waals surface area contributed by atoms with Gasteiger partial charge < -0.3 is 25.2 Å². The molecule has 1 spiro atoms. The molecule has 12 atom stereocenters. The highest BCUT2D eigenvalue weighted by molar-refractivity contribution is 5.96. The third-order valence-corrected chi connectivity index (χ3v) is 13.1. The molecule has 2 heterocycles. The summed E-state index contributed by atoms with van der Waals surface area (Å²) < 4.78 is 13.4. The Morgan fingerprint density at radius 1 is 0.923 bits per heavy atom. The van der Waals surface area contributed by atoms with Crippen LogP contribution in [0.1, 0.15) is 98.3 Å². The number of nitrogens with one attached hydrogen (secondary N) is 2. The van der Waals surface area contributed by atoms with Crippen molar-refractivity contribution in [1.82, 2.24) is 10.6 Å². The van der Waals surface area contributed by atoms with Crippen LogP contribution in [0.5, 0.6) is 0 Å². The second-order valence-corrected chi connectivity index (χ2v) is 15.0. The number of aliphatic hydroxyl groups excluding tert-OH is 1. The van der Waals surface area contributed by atoms with Crippen LogP contribution in [-0.2, 0) is 19.1 Å². The Hall–Kier alpha value is -1.18. The van der Waals surface area contributed by atoms with Crippen molar-refractivity contribution >= 4 is 11.8 Å². The summed E-state index contributed by atoms with van der Waals surface area (Å²) in [5.41, 5.74) is 0.699. The van der Waals surface area contributed by atoms with Crippen molar-refractivity contribution in [3.05, 3.63) is 0 Å². The van der Waals surface area contributed by atoms with Crippen molar-refractivity contribution in [2.24, 2.45) is 52.3 Å². The van der Waals surface area contributed by atoms with E-state index >= 15 is 0 Å². The van der Waals surface area contributed by atoms with E-state index < -0.39 is 0 Å². The van der Waals surface area contributed by atoms with Gasteiger partial charge in [-0.1, -0.05) is 27.7 Å². The Labute approximate surface area is 234 Å². The summed E-state index contributed by atoms with van der Waals surface area (Å²) in [6.07, 6.45) is 12.1. The number of rotatable bonds is 5. The first-order chi connectivity index (χ1) is 18.6. The van der Waals surface area contributed by atoms with Crippen LogP contribution in [0.4, 0.5) is 0 Å². The minimum Gasteiger partial charge on any atom is -0.395 e. The molecule has 7 heteroatoms. The fourth-order valence-corrected chi connectivity index (χ4v) is 11.1. The van der Waals surface area contributed by atoms with Gasteiger partial charge in [0.25, 0.3) is 0 Å². The van der Waals surface area contributed by atoms with Gasteiger partial charge in [0, 0.05) is 24.9 Å². The van der Waals surface area contributed by atoms with Crippen LogP contribution in [0, 0.1) is 52.3 Å². The van der Waals surface area contributed by atoms with E-state index in [0.29, 0.717) is 40.6 Å². The van der Waals surface area contributed by atoms with Crippen molar-refractivity contribution in [2.45, 2.75) is 116 Å². The first kappa shape index (κ1) is 28.0. The predicted molar refractivity (Wildman–Crippen MR) is 148 cm³/mol. The maximum absolute atomic E-state index is 12.5. The standard InChI is InChI=1S/C32H52N2O5/c1-19-7-12-32(38-18-19)20(2)29-26(39-32)16-25-23-6-5-21-15-22(34-28(37)17-27(36)33-13-14-35)8-10-30(21,3)24(23)9-11-31(25,29)4/h19-26,29,35H,5-18H2,1-4H3,(H,33,36)(H,34,37)/t19-,20-,21+,22+,23?,24?,25?,26?,29?,30-,31-,32+/m0/s1. The minimum absolute atomic E-state index is 0.111. The van der Waals surface area contributed by atoms with Crippen LogP contribution in [0.2, 0.25) is 0 Å². The molecule has 7 nitrogen and oxygen atoms in total. The van der Waals surface area contributed by atoms with E-state index in [1.807, 2.05) is 0 Å². The lowest BCUT2D eigenvalue weighted by atomic mass is 9.44. The van der Waals surface area contributed by atoms with Gasteiger partial charge in [-0.15, -0.1) is 0 Å². The molecule has 220 valence electrons. The molecule has 2 amide bonds. The van der Waals surface area contributed by atoms with Crippen molar-refractivity contribution in [1.29, 1.82) is 0 Å². The number of aliphatic hydroxyl groups is 1. The van der Waals surface area contributed by atoms with Gasteiger partial charge in [0.05, 0.1) is 19.3 Å². The largest absolute Gasteiger partial charge is 0.395 e. The lowest BCUT2D eigenvalue weighted by molar-refractivity contribution is -0.273. The third-order valence-electron chi connectivity index (χ3n) is 13.1. The molecule has 4 saturated carbocycles. The molecule has 0 radical (unpaired) electrons. The second kappa shape index (κ2) is 10.3. The van der Waals surface area contributed by atoms with Gasteiger partial charge in [0.2, 0.25) is 11.8 Å². The molecule has 0 aromatic rings. The Balaban J connectivity index is 1.10. The fourth-order valence-electron chi connectivity index (χ4n) is 11.1. The summed E-state index contributed by atoms with van der Waals surface area (Å²) in [7, 11) is 0. The summed E-state index contributed by atoms with van der Waals surface area (Å²) in [5.74, 6) is 3.83. The van der Waals surface area contributed by atoms with Crippen molar-refractivity contribution < 1.29 is 24.2 Å². The average molecular weight is 545 g/mol. The van der Waals surface area contributed by atoms with Gasteiger partial charge in [-0.05, 0) is 104 Å². The summed E-state index contributed by atoms with van der Waals surface area (Å²) in [6.45, 7) is 10.8. The molecule has 0 aromatic heterocycles. The molecule has 5 unspecified atom stereocenters. The van der Waals surface area contributed by atoms with Crippen molar-refractivity contribution in [2.75, 3.05) is 19.8 Å². The summed E-state index contributed by atoms with van der Waals surface area (Å²) in [4.78, 5) is 24.4. The normalized spacial score (nSPS) is 50.4. The van der Waals surface area contributed by atoms with Crippen LogP contribution in [0.15, 0.2) is 0 Å². The van der Waals surface area contributed by atoms with Crippen LogP contribution in [0.25, 0.3) is 0 Å². The Morgan fingerprint density at radius 2 is 1.72 bits per heavy atom. The number of ether oxygens (including phenoxy) is 2. The molecular weight excluding hydrogens is 492 g/mol. The van der Waals surface area contributed by atoms with Crippen LogP contribution >= 0.6 is 0 Å². The van der Waals surface area contributed by atoms with Crippen molar-refractivity contribution in [3.8, 4) is 0 Å². The molecule has 0 bridgehead atoms. The van der Waals surface area contributed by atoms with E-state index in [0.717, 1.165) is 43.6 Å². The lowest BCUT2D eigenvalue weighted by Crippen LogP contribution is -2.56. The molecule has 39 heavy (non-hydrogen) atoms. The van der Waals surface area contributed by atoms with Gasteiger partial charge >= 0.3 is 0 Å². The monoisotopic (exact) mass is 544 g/mol. The zero-order valence-electron chi connectivity index (χ0n) is 24.7. The number of amides is 2. The summed E-state index contributed by atoms with van der Waals surface area (Å²) in [5, 5.41) is 14.6. The summed E-state index contributed by atoms with van der Waals surface area (Å²) in [6, 6.07) is 0.168. The number of hydrogen-bond acceptors (Lipinski definition) is 5. The van der Waals surface area contributed by atoms with Crippen LogP contribution < -0.4 is 10.6 Å². The molecule has 0 aromatic carbocycles. The van der Waals surface area contributed by atoms with E-state index in [1.54, 1.807) is 0 Å². The Bertz CT molecular complexity index is 949. The van der Waals surface area contributed by atoms with Gasteiger partial charge in [-0.3, -0.25) is 9.59 Å². The highest BCUT2D eigenvalue weighted by Crippen LogP contribution is 2.71. The molecular formula is C32H52N2O5. The molecule has 6 aliphatic rings. The van der Waals surface area contributed by atoms with Gasteiger partial charge in [0.1, 0.15) is 6.42 Å². The SMILES string of the molecule is C[C@H]1CC[C@@]2(OC1)OC1CC3C4CC[C@@H]5C[C@H](NC(=O)CC(=O)NCCO)CC[C@]5(C)C4CC[C@]3(C)C1[C@@H]2C. The number of carbonyl (C=O) groups is 2. The van der Waals surface area contributed by atoms with Gasteiger partial charge in [-0.2, -0.15) is 0 Å². The highest BCUT2D eigenvalue weighted by atomic mass is 16.7. The fraction of sp³-hybridized carbons (Fsp3) is 0.938. The van der Waals surface area contributed by atoms with Crippen LogP contribution in [-0.4, -0.2) is 54.6 Å². The Morgan fingerprint density at radius 3 is 2.46 bits per heavy atom. The number of hydrogen-bond donors (Lipinski definition) is 3. The topological polar surface area (TPSA) is 96.9 Å². The van der Waals surface area contributed by atoms with E-state index in [4.69, 9.17) is 14.6 Å². The summed E-state index contributed by atoms with van der Waals surface area (Å²) >= 11 is 0. The molecule has 2 aliphatic heterocycles. The first-order valence-corrected chi connectivity index (χ1v) is 16.1. The van der Waals surface area contributed by atoms with E-state index in [2.05, 4.69) is 38.3 Å². The Kier molecular flexibility index (Phi) is 7.36. The molecule has 6 fully saturated rings. The molecule has 2 saturated heterocycles. The van der Waals surface area contributed by atoms with E-state index in [1.165, 1.54) is 44.9 Å². The zero-order valence-corrected chi connectivity index (χ0v) is 24.7. The quantitative estimate of drug-likeness (QED) is 0.446. The maximum Gasteiger partial charge on any atom is 0.229 e. The maximum atomic E-state index is 12.5. The van der Waals surface area contributed by atoms with E-state index in [9.17, 15) is 9.59 Å². The van der Waals surface area contributed by atoms with Gasteiger partial charge in [-0.25, -0.2) is 0 Å². The number of fused-ring (bicyclic) bond motifs is 7. The van der Waals surface area contributed by atoms with Gasteiger partial charge in [0.15, 0.2) is 5.79 Å². The second-order valence-electron chi connectivity index (χ2n) is 15.0. The molecule has 3 N–H and O–H groups in total. The lowest BCUT2D eigenvalue weighted by Gasteiger charge is -2.61. The first-order valence-electron chi connectivity index (χ1n) is 16.1. The minimum atomic E-state index is -0.335. The van der Waals surface area contributed by atoms with Crippen molar-refractivity contribution in [3.63, 3.8) is 0 Å². The smallest absolute Gasteiger partial charge is 0.229 e. The zero-order chi connectivity index (χ0) is 27.6. The predicted octanol–water partition coefficient (Wildman–Crippen LogP) is 4.42. The molecule has 6 rings (SSSR count). The number of carbonyl (C=O) groups excluding carboxylic acids is 2. The van der Waals surface area contributed by atoms with Crippen LogP contribution in [0.3, 0.4) is 0 Å². The third kappa shape index (κ3) is 4.57.